The summed E-state index contributed by atoms with van der Waals surface area (Å²) in [5.74, 6) is -0.588. The molecule has 5 amide bonds. The Hall–Kier alpha value is -3.27. The summed E-state index contributed by atoms with van der Waals surface area (Å²) < 4.78 is 1.37. The standard InChI is InChI=1S/C25H28N4O5S/c1-15(30)17-7-9-19(10-8-17)27-21(31)14-28-20-11-12-35-22(20)24(33)29(25(28)34)13-16-3-5-18(6-4-16)23(32)26-2/h7-12,16,18,22H,3-6,13-14H2,1-2H3,(H-,26,27,30,31,32)/p+1. The van der Waals surface area contributed by atoms with Crippen LogP contribution in [0.2, 0.25) is 0 Å². The minimum absolute atomic E-state index is 0.0248. The third-order valence-electron chi connectivity index (χ3n) is 6.77. The lowest BCUT2D eigenvalue weighted by Gasteiger charge is -2.30. The zero-order valence-corrected chi connectivity index (χ0v) is 20.6. The fourth-order valence-electron chi connectivity index (χ4n) is 4.78. The van der Waals surface area contributed by atoms with Crippen molar-refractivity contribution in [2.24, 2.45) is 11.8 Å². The van der Waals surface area contributed by atoms with Crippen molar-refractivity contribution in [2.75, 3.05) is 25.5 Å². The number of carbonyl (C=O) groups excluding carboxylic acids is 5. The summed E-state index contributed by atoms with van der Waals surface area (Å²) in [6.07, 6.45) is 4.70. The number of benzene rings is 1. The highest BCUT2D eigenvalue weighted by molar-refractivity contribution is 8.04. The van der Waals surface area contributed by atoms with Gasteiger partial charge in [-0.05, 0) is 74.3 Å². The molecule has 2 aliphatic heterocycles. The van der Waals surface area contributed by atoms with E-state index in [-0.39, 0.29) is 42.5 Å². The molecule has 1 aromatic carbocycles. The lowest BCUT2D eigenvalue weighted by Crippen LogP contribution is -2.57. The molecule has 184 valence electrons. The fraction of sp³-hybridized carbons (Fsp3) is 0.440. The third-order valence-corrected chi connectivity index (χ3v) is 7.78. The first-order valence-electron chi connectivity index (χ1n) is 11.7. The molecule has 1 aliphatic carbocycles. The highest BCUT2D eigenvalue weighted by Gasteiger charge is 2.50. The summed E-state index contributed by atoms with van der Waals surface area (Å²) in [7, 11) is 1.63. The van der Waals surface area contributed by atoms with Crippen LogP contribution in [0.5, 0.6) is 0 Å². The van der Waals surface area contributed by atoms with Gasteiger partial charge in [0.1, 0.15) is 12.3 Å². The Balaban J connectivity index is 1.44. The molecule has 1 fully saturated rings. The number of fused-ring (bicyclic) bond motifs is 1. The smallest absolute Gasteiger partial charge is 0.359 e. The third kappa shape index (κ3) is 5.37. The molecule has 1 atom stereocenters. The predicted molar refractivity (Wildman–Crippen MR) is 132 cm³/mol. The van der Waals surface area contributed by atoms with E-state index in [2.05, 4.69) is 10.6 Å². The second-order valence-corrected chi connectivity index (χ2v) is 10.1. The van der Waals surface area contributed by atoms with Crippen LogP contribution in [0.25, 0.3) is 0 Å². The number of nitrogens with one attached hydrogen (secondary N) is 2. The number of thioether (sulfide) groups is 1. The van der Waals surface area contributed by atoms with Crippen molar-refractivity contribution in [3.05, 3.63) is 41.3 Å². The van der Waals surface area contributed by atoms with Gasteiger partial charge in [0.25, 0.3) is 5.91 Å². The van der Waals surface area contributed by atoms with Crippen LogP contribution in [-0.4, -0.2) is 70.1 Å². The molecule has 35 heavy (non-hydrogen) atoms. The normalized spacial score (nSPS) is 23.8. The summed E-state index contributed by atoms with van der Waals surface area (Å²) in [6.45, 7) is 1.53. The van der Waals surface area contributed by atoms with E-state index in [1.165, 1.54) is 28.2 Å². The number of amides is 5. The van der Waals surface area contributed by atoms with Crippen LogP contribution in [-0.2, 0) is 14.4 Å². The number of hydrogen-bond acceptors (Lipinski definition) is 6. The predicted octanol–water partition coefficient (Wildman–Crippen LogP) is 2.42. The number of urea groups is 1. The Morgan fingerprint density at radius 1 is 1.09 bits per heavy atom. The van der Waals surface area contributed by atoms with Gasteiger partial charge in [0, 0.05) is 24.2 Å². The number of ketones is 1. The van der Waals surface area contributed by atoms with Crippen LogP contribution in [0.1, 0.15) is 43.0 Å². The largest absolute Gasteiger partial charge is 0.501 e. The van der Waals surface area contributed by atoms with Gasteiger partial charge in [-0.25, -0.2) is 4.79 Å². The summed E-state index contributed by atoms with van der Waals surface area (Å²) in [5.41, 5.74) is 1.58. The van der Waals surface area contributed by atoms with Crippen LogP contribution >= 0.6 is 11.8 Å². The van der Waals surface area contributed by atoms with Gasteiger partial charge < -0.3 is 10.6 Å². The van der Waals surface area contributed by atoms with E-state index in [4.69, 9.17) is 0 Å². The first kappa shape index (κ1) is 24.8. The molecule has 0 bridgehead atoms. The summed E-state index contributed by atoms with van der Waals surface area (Å²) in [6, 6.07) is 6.04. The molecule has 0 saturated heterocycles. The van der Waals surface area contributed by atoms with Gasteiger partial charge in [0.05, 0.1) is 0 Å². The molecule has 9 nitrogen and oxygen atoms in total. The molecule has 1 aromatic rings. The van der Waals surface area contributed by atoms with E-state index >= 15 is 0 Å². The van der Waals surface area contributed by atoms with Crippen LogP contribution in [0.3, 0.4) is 0 Å². The van der Waals surface area contributed by atoms with E-state index in [9.17, 15) is 24.0 Å². The maximum absolute atomic E-state index is 13.4. The van der Waals surface area contributed by atoms with Crippen molar-refractivity contribution in [3.8, 4) is 0 Å². The van der Waals surface area contributed by atoms with Crippen LogP contribution in [0, 0.1) is 11.8 Å². The lowest BCUT2D eigenvalue weighted by atomic mass is 9.81. The average Bonchev–Trinajstić information content (AvgIpc) is 3.35. The average molecular weight is 498 g/mol. The second kappa shape index (κ2) is 10.6. The maximum Gasteiger partial charge on any atom is 0.501 e. The number of carbonyl (C=O) groups is 5. The molecule has 2 heterocycles. The van der Waals surface area contributed by atoms with E-state index in [0.717, 1.165) is 25.7 Å². The molecule has 1 unspecified atom stereocenters. The monoisotopic (exact) mass is 497 g/mol. The topological polar surface area (TPSA) is 116 Å². The zero-order chi connectivity index (χ0) is 25.1. The van der Waals surface area contributed by atoms with Gasteiger partial charge in [-0.2, -0.15) is 14.3 Å². The summed E-state index contributed by atoms with van der Waals surface area (Å²) >= 11 is 1.33. The summed E-state index contributed by atoms with van der Waals surface area (Å²) in [5, 5.41) is 6.67. The number of Topliss-reactive ketones (excluding diaryl/α,β-unsaturated/α-hetero) is 1. The van der Waals surface area contributed by atoms with E-state index in [0.29, 0.717) is 17.0 Å². The number of anilines is 1. The highest BCUT2D eigenvalue weighted by atomic mass is 32.2. The van der Waals surface area contributed by atoms with Gasteiger partial charge in [-0.1, -0.05) is 0 Å². The van der Waals surface area contributed by atoms with Gasteiger partial charge in [0.2, 0.25) is 5.91 Å². The zero-order valence-electron chi connectivity index (χ0n) is 19.8. The minimum atomic E-state index is -0.544. The Bertz CT molecular complexity index is 1120. The van der Waals surface area contributed by atoms with Crippen molar-refractivity contribution in [1.82, 2.24) is 10.2 Å². The molecule has 4 rings (SSSR count). The molecule has 0 aromatic heterocycles. The molecule has 3 aliphatic rings. The van der Waals surface area contributed by atoms with Crippen molar-refractivity contribution in [3.63, 3.8) is 0 Å². The molecule has 0 spiro atoms. The van der Waals surface area contributed by atoms with Crippen LogP contribution < -0.4 is 10.6 Å². The number of nitrogens with zero attached hydrogens (tertiary/aromatic N) is 2. The van der Waals surface area contributed by atoms with Crippen molar-refractivity contribution < 1.29 is 28.5 Å². The minimum Gasteiger partial charge on any atom is -0.359 e. The number of imide groups is 1. The van der Waals surface area contributed by atoms with Crippen molar-refractivity contribution >= 4 is 52.7 Å². The Labute approximate surface area is 208 Å². The number of allylic oxidation sites excluding steroid dienone is 1. The van der Waals surface area contributed by atoms with Gasteiger partial charge in [-0.3, -0.25) is 14.4 Å². The molecule has 1 saturated carbocycles. The van der Waals surface area contributed by atoms with Gasteiger partial charge in [-0.15, -0.1) is 11.8 Å². The van der Waals surface area contributed by atoms with Crippen LogP contribution in [0.4, 0.5) is 10.5 Å². The lowest BCUT2D eigenvalue weighted by molar-refractivity contribution is -0.426. The number of rotatable bonds is 7. The first-order chi connectivity index (χ1) is 16.8. The number of hydrogen-bond donors (Lipinski definition) is 2. The molecular weight excluding hydrogens is 468 g/mol. The Morgan fingerprint density at radius 3 is 2.40 bits per heavy atom. The van der Waals surface area contributed by atoms with Crippen molar-refractivity contribution in [1.29, 1.82) is 0 Å². The fourth-order valence-corrected chi connectivity index (χ4v) is 5.75. The SMILES string of the molecule is CNC(=O)C1CCC(CN2C(=O)C3SC=CC3=[N+](CC(=O)Nc3ccc(C(C)=O)cc3)C2=O)CC1. The highest BCUT2D eigenvalue weighted by Crippen LogP contribution is 2.32. The summed E-state index contributed by atoms with van der Waals surface area (Å²) in [4.78, 5) is 63.9. The molecule has 10 heteroatoms. The van der Waals surface area contributed by atoms with E-state index < -0.39 is 17.2 Å². The second-order valence-electron chi connectivity index (χ2n) is 9.07. The quantitative estimate of drug-likeness (QED) is 0.442. The first-order valence-corrected chi connectivity index (χ1v) is 12.7. The van der Waals surface area contributed by atoms with Crippen molar-refractivity contribution in [2.45, 2.75) is 37.9 Å². The van der Waals surface area contributed by atoms with Crippen LogP contribution in [0.15, 0.2) is 35.7 Å². The van der Waals surface area contributed by atoms with Gasteiger partial charge >= 0.3 is 11.9 Å². The van der Waals surface area contributed by atoms with E-state index in [1.807, 2.05) is 0 Å². The molecule has 0 radical (unpaired) electrons. The van der Waals surface area contributed by atoms with E-state index in [1.54, 1.807) is 42.8 Å². The maximum atomic E-state index is 13.4. The molecular formula is C25H29N4O5S+. The Kier molecular flexibility index (Phi) is 7.49. The van der Waals surface area contributed by atoms with Gasteiger partial charge in [0.15, 0.2) is 17.6 Å². The molecule has 2 N–H and O–H groups in total. The Morgan fingerprint density at radius 2 is 1.77 bits per heavy atom.